The van der Waals surface area contributed by atoms with Gasteiger partial charge >= 0.3 is 0 Å². The Kier molecular flexibility index (Phi) is 2.30. The zero-order valence-corrected chi connectivity index (χ0v) is 9.37. The lowest BCUT2D eigenvalue weighted by atomic mass is 10.2. The van der Waals surface area contributed by atoms with Gasteiger partial charge in [-0.05, 0) is 24.3 Å². The second kappa shape index (κ2) is 3.82. The fourth-order valence-electron chi connectivity index (χ4n) is 1.66. The van der Waals surface area contributed by atoms with Gasteiger partial charge in [0.2, 0.25) is 0 Å². The second-order valence-corrected chi connectivity index (χ2v) is 4.04. The zero-order chi connectivity index (χ0) is 11.8. The number of nitrogens with one attached hydrogen (secondary N) is 1. The minimum atomic E-state index is -0.360. The van der Waals surface area contributed by atoms with Crippen molar-refractivity contribution in [2.45, 2.75) is 0 Å². The van der Waals surface area contributed by atoms with Crippen LogP contribution in [0.4, 0.5) is 4.39 Å². The molecule has 0 aliphatic rings. The summed E-state index contributed by atoms with van der Waals surface area (Å²) in [5.74, 6) is 0.0921. The van der Waals surface area contributed by atoms with Gasteiger partial charge in [-0.1, -0.05) is 11.6 Å². The Labute approximate surface area is 101 Å². The number of rotatable bonds is 1. The van der Waals surface area contributed by atoms with Crippen LogP contribution in [-0.2, 0) is 0 Å². The SMILES string of the molecule is Fc1ccc(Cl)cc1-c1nc2ccncc2[nH]1. The van der Waals surface area contributed by atoms with Gasteiger partial charge in [-0.3, -0.25) is 4.98 Å². The van der Waals surface area contributed by atoms with Gasteiger partial charge in [0, 0.05) is 11.2 Å². The first-order chi connectivity index (χ1) is 8.24. The lowest BCUT2D eigenvalue weighted by molar-refractivity contribution is 0.630. The lowest BCUT2D eigenvalue weighted by Crippen LogP contribution is -1.86. The average Bonchev–Trinajstić information content (AvgIpc) is 2.75. The monoisotopic (exact) mass is 247 g/mol. The Morgan fingerprint density at radius 2 is 2.12 bits per heavy atom. The smallest absolute Gasteiger partial charge is 0.141 e. The number of aromatic amines is 1. The van der Waals surface area contributed by atoms with Crippen LogP contribution >= 0.6 is 11.6 Å². The summed E-state index contributed by atoms with van der Waals surface area (Å²) in [5, 5.41) is 0.472. The number of fused-ring (bicyclic) bond motifs is 1. The molecule has 2 aromatic heterocycles. The van der Waals surface area contributed by atoms with Crippen molar-refractivity contribution in [1.29, 1.82) is 0 Å². The van der Waals surface area contributed by atoms with E-state index in [1.807, 2.05) is 0 Å². The van der Waals surface area contributed by atoms with Crippen molar-refractivity contribution in [3.8, 4) is 11.4 Å². The number of hydrogen-bond donors (Lipinski definition) is 1. The number of aromatic nitrogens is 3. The molecule has 0 unspecified atom stereocenters. The van der Waals surface area contributed by atoms with Gasteiger partial charge in [-0.25, -0.2) is 9.37 Å². The minimum Gasteiger partial charge on any atom is -0.337 e. The molecule has 0 bridgehead atoms. The molecule has 3 aromatic rings. The van der Waals surface area contributed by atoms with E-state index in [2.05, 4.69) is 15.0 Å². The number of hydrogen-bond acceptors (Lipinski definition) is 2. The molecule has 0 aliphatic heterocycles. The largest absolute Gasteiger partial charge is 0.337 e. The molecule has 1 N–H and O–H groups in total. The Morgan fingerprint density at radius 3 is 2.94 bits per heavy atom. The number of imidazole rings is 1. The number of halogens is 2. The quantitative estimate of drug-likeness (QED) is 0.716. The lowest BCUT2D eigenvalue weighted by Gasteiger charge is -1.99. The molecule has 0 saturated carbocycles. The van der Waals surface area contributed by atoms with Crippen LogP contribution in [0.25, 0.3) is 22.4 Å². The Hall–Kier alpha value is -1.94. The number of nitrogens with zero attached hydrogens (tertiary/aromatic N) is 2. The van der Waals surface area contributed by atoms with E-state index in [0.29, 0.717) is 16.4 Å². The molecule has 0 radical (unpaired) electrons. The van der Waals surface area contributed by atoms with Crippen LogP contribution in [0.2, 0.25) is 5.02 Å². The van der Waals surface area contributed by atoms with Gasteiger partial charge in [0.1, 0.15) is 11.6 Å². The first-order valence-electron chi connectivity index (χ1n) is 4.99. The van der Waals surface area contributed by atoms with E-state index in [-0.39, 0.29) is 5.82 Å². The topological polar surface area (TPSA) is 41.6 Å². The standard InChI is InChI=1S/C12H7ClFN3/c13-7-1-2-9(14)8(5-7)12-16-10-3-4-15-6-11(10)17-12/h1-6H,(H,16,17). The molecule has 1 aromatic carbocycles. The van der Waals surface area contributed by atoms with E-state index in [1.54, 1.807) is 24.5 Å². The van der Waals surface area contributed by atoms with Crippen molar-refractivity contribution in [2.75, 3.05) is 0 Å². The van der Waals surface area contributed by atoms with Crippen molar-refractivity contribution in [2.24, 2.45) is 0 Å². The molecule has 3 rings (SSSR count). The van der Waals surface area contributed by atoms with E-state index in [4.69, 9.17) is 11.6 Å². The molecule has 17 heavy (non-hydrogen) atoms. The van der Waals surface area contributed by atoms with E-state index >= 15 is 0 Å². The van der Waals surface area contributed by atoms with Crippen LogP contribution in [0.15, 0.2) is 36.7 Å². The van der Waals surface area contributed by atoms with Crippen LogP contribution in [-0.4, -0.2) is 15.0 Å². The van der Waals surface area contributed by atoms with Gasteiger partial charge in [0.25, 0.3) is 0 Å². The maximum Gasteiger partial charge on any atom is 0.141 e. The third kappa shape index (κ3) is 1.76. The second-order valence-electron chi connectivity index (χ2n) is 3.60. The molecule has 0 spiro atoms. The summed E-state index contributed by atoms with van der Waals surface area (Å²) in [6.45, 7) is 0. The van der Waals surface area contributed by atoms with E-state index in [1.165, 1.54) is 12.1 Å². The number of benzene rings is 1. The van der Waals surface area contributed by atoms with Crippen LogP contribution in [0, 0.1) is 5.82 Å². The molecule has 0 saturated heterocycles. The summed E-state index contributed by atoms with van der Waals surface area (Å²) in [6.07, 6.45) is 3.29. The van der Waals surface area contributed by atoms with Crippen molar-refractivity contribution in [1.82, 2.24) is 15.0 Å². The summed E-state index contributed by atoms with van der Waals surface area (Å²) in [7, 11) is 0. The molecule has 0 amide bonds. The fourth-order valence-corrected chi connectivity index (χ4v) is 1.84. The van der Waals surface area contributed by atoms with Crippen molar-refractivity contribution in [3.63, 3.8) is 0 Å². The predicted octanol–water partition coefficient (Wildman–Crippen LogP) is 3.42. The van der Waals surface area contributed by atoms with Gasteiger partial charge in [-0.15, -0.1) is 0 Å². The number of pyridine rings is 1. The maximum atomic E-state index is 13.6. The molecular weight excluding hydrogens is 241 g/mol. The Bertz CT molecular complexity index is 660. The summed E-state index contributed by atoms with van der Waals surface area (Å²) in [4.78, 5) is 11.3. The van der Waals surface area contributed by atoms with Crippen LogP contribution in [0.5, 0.6) is 0 Å². The summed E-state index contributed by atoms with van der Waals surface area (Å²) in [6, 6.07) is 6.13. The summed E-state index contributed by atoms with van der Waals surface area (Å²) >= 11 is 5.84. The summed E-state index contributed by atoms with van der Waals surface area (Å²) in [5.41, 5.74) is 1.87. The normalized spacial score (nSPS) is 10.9. The van der Waals surface area contributed by atoms with E-state index in [9.17, 15) is 4.39 Å². The highest BCUT2D eigenvalue weighted by atomic mass is 35.5. The van der Waals surface area contributed by atoms with Gasteiger partial charge in [0.05, 0.1) is 22.8 Å². The van der Waals surface area contributed by atoms with Crippen molar-refractivity contribution < 1.29 is 4.39 Å². The van der Waals surface area contributed by atoms with Crippen LogP contribution in [0.3, 0.4) is 0 Å². The van der Waals surface area contributed by atoms with Crippen molar-refractivity contribution >= 4 is 22.6 Å². The fraction of sp³-hybridized carbons (Fsp3) is 0. The Balaban J connectivity index is 2.23. The third-order valence-electron chi connectivity index (χ3n) is 2.47. The highest BCUT2D eigenvalue weighted by molar-refractivity contribution is 6.30. The van der Waals surface area contributed by atoms with Crippen molar-refractivity contribution in [3.05, 3.63) is 47.5 Å². The van der Waals surface area contributed by atoms with Crippen LogP contribution in [0.1, 0.15) is 0 Å². The molecule has 3 nitrogen and oxygen atoms in total. The van der Waals surface area contributed by atoms with E-state index in [0.717, 1.165) is 11.0 Å². The summed E-state index contributed by atoms with van der Waals surface area (Å²) < 4.78 is 13.6. The average molecular weight is 248 g/mol. The molecule has 0 atom stereocenters. The molecule has 0 fully saturated rings. The first-order valence-corrected chi connectivity index (χ1v) is 5.37. The molecule has 84 valence electrons. The minimum absolute atomic E-state index is 0.355. The zero-order valence-electron chi connectivity index (χ0n) is 8.61. The van der Waals surface area contributed by atoms with Gasteiger partial charge < -0.3 is 4.98 Å². The first kappa shape index (κ1) is 10.2. The predicted molar refractivity (Wildman–Crippen MR) is 64.3 cm³/mol. The van der Waals surface area contributed by atoms with Gasteiger partial charge in [0.15, 0.2) is 0 Å². The highest BCUT2D eigenvalue weighted by Crippen LogP contribution is 2.25. The van der Waals surface area contributed by atoms with E-state index < -0.39 is 0 Å². The molecular formula is C12H7ClFN3. The number of H-pyrrole nitrogens is 1. The molecule has 0 aliphatic carbocycles. The molecule has 5 heteroatoms. The molecule has 2 heterocycles. The third-order valence-corrected chi connectivity index (χ3v) is 2.70. The Morgan fingerprint density at radius 1 is 1.24 bits per heavy atom. The van der Waals surface area contributed by atoms with Gasteiger partial charge in [-0.2, -0.15) is 0 Å². The highest BCUT2D eigenvalue weighted by Gasteiger charge is 2.10. The van der Waals surface area contributed by atoms with Crippen LogP contribution < -0.4 is 0 Å². The maximum absolute atomic E-state index is 13.6.